The van der Waals surface area contributed by atoms with Gasteiger partial charge in [-0.05, 0) is 104 Å². The summed E-state index contributed by atoms with van der Waals surface area (Å²) in [5.74, 6) is 0.781. The molecule has 0 radical (unpaired) electrons. The van der Waals surface area contributed by atoms with Crippen molar-refractivity contribution in [3.63, 3.8) is 0 Å². The Morgan fingerprint density at radius 2 is 1.48 bits per heavy atom. The van der Waals surface area contributed by atoms with Crippen LogP contribution in [0.25, 0.3) is 11.1 Å². The Kier molecular flexibility index (Phi) is 9.15. The Balaban J connectivity index is 1.65. The van der Waals surface area contributed by atoms with Gasteiger partial charge in [-0.1, -0.05) is 96.4 Å². The highest BCUT2D eigenvalue weighted by Gasteiger charge is 2.44. The minimum absolute atomic E-state index is 0.133. The van der Waals surface area contributed by atoms with Crippen LogP contribution in [0.5, 0.6) is 0 Å². The van der Waals surface area contributed by atoms with E-state index in [4.69, 9.17) is 0 Å². The molecule has 180 valence electrons. The summed E-state index contributed by atoms with van der Waals surface area (Å²) in [5.41, 5.74) is 6.19. The van der Waals surface area contributed by atoms with E-state index in [9.17, 15) is 0 Å². The molecule has 2 aromatic rings. The molecular weight excluding hydrogens is 534 g/mol. The fourth-order valence-corrected chi connectivity index (χ4v) is 7.13. The fraction of sp³-hybridized carbons (Fsp3) is 0.600. The zero-order chi connectivity index (χ0) is 23.3. The minimum atomic E-state index is 0.133. The molecule has 1 atom stereocenters. The van der Waals surface area contributed by atoms with Crippen LogP contribution in [-0.4, -0.2) is 24.5 Å². The molecule has 2 aromatic carbocycles. The van der Waals surface area contributed by atoms with E-state index >= 15 is 0 Å². The summed E-state index contributed by atoms with van der Waals surface area (Å²) in [7, 11) is 0. The van der Waals surface area contributed by atoms with Gasteiger partial charge in [0.1, 0.15) is 0 Å². The molecule has 0 saturated carbocycles. The molecule has 0 bridgehead atoms. The van der Waals surface area contributed by atoms with Gasteiger partial charge in [0.15, 0.2) is 0 Å². The Labute approximate surface area is 219 Å². The van der Waals surface area contributed by atoms with E-state index in [-0.39, 0.29) is 5.41 Å². The number of piperidine rings is 1. The van der Waals surface area contributed by atoms with Gasteiger partial charge in [0.2, 0.25) is 0 Å². The molecule has 33 heavy (non-hydrogen) atoms. The summed E-state index contributed by atoms with van der Waals surface area (Å²) in [6.45, 7) is 8.64. The van der Waals surface area contributed by atoms with E-state index in [0.29, 0.717) is 0 Å². The first-order valence-electron chi connectivity index (χ1n) is 13.4. The highest BCUT2D eigenvalue weighted by atomic mass is 79.9. The van der Waals surface area contributed by atoms with Crippen LogP contribution in [-0.2, 0) is 5.41 Å². The van der Waals surface area contributed by atoms with Crippen LogP contribution >= 0.6 is 31.9 Å². The van der Waals surface area contributed by atoms with Crippen molar-refractivity contribution in [2.45, 2.75) is 89.9 Å². The lowest BCUT2D eigenvalue weighted by Crippen LogP contribution is -2.32. The number of halogens is 2. The van der Waals surface area contributed by atoms with Gasteiger partial charge < -0.3 is 4.90 Å². The molecule has 0 aromatic heterocycles. The molecule has 1 aliphatic carbocycles. The zero-order valence-corrected chi connectivity index (χ0v) is 23.8. The highest BCUT2D eigenvalue weighted by molar-refractivity contribution is 9.10. The number of benzene rings is 2. The zero-order valence-electron chi connectivity index (χ0n) is 20.6. The third-order valence-corrected chi connectivity index (χ3v) is 9.23. The van der Waals surface area contributed by atoms with Crippen molar-refractivity contribution in [3.05, 3.63) is 56.5 Å². The van der Waals surface area contributed by atoms with E-state index < -0.39 is 0 Å². The first-order valence-corrected chi connectivity index (χ1v) is 15.0. The molecule has 4 rings (SSSR count). The number of unbranched alkanes of at least 4 members (excludes halogenated alkanes) is 2. The predicted octanol–water partition coefficient (Wildman–Crippen LogP) is 9.74. The van der Waals surface area contributed by atoms with Gasteiger partial charge in [0, 0.05) is 14.4 Å². The van der Waals surface area contributed by atoms with Crippen molar-refractivity contribution in [1.82, 2.24) is 4.90 Å². The van der Waals surface area contributed by atoms with Gasteiger partial charge in [-0.3, -0.25) is 0 Å². The van der Waals surface area contributed by atoms with Gasteiger partial charge in [0.05, 0.1) is 0 Å². The summed E-state index contributed by atoms with van der Waals surface area (Å²) in [5, 5.41) is 0. The number of fused-ring (bicyclic) bond motifs is 3. The third kappa shape index (κ3) is 5.78. The first kappa shape index (κ1) is 25.5. The smallest absolute Gasteiger partial charge is 0.0218 e. The van der Waals surface area contributed by atoms with Crippen molar-refractivity contribution < 1.29 is 0 Å². The topological polar surface area (TPSA) is 3.24 Å². The lowest BCUT2D eigenvalue weighted by Gasteiger charge is -2.36. The Bertz CT molecular complexity index is 864. The lowest BCUT2D eigenvalue weighted by molar-refractivity contribution is 0.220. The number of hydrogen-bond acceptors (Lipinski definition) is 1. The van der Waals surface area contributed by atoms with Crippen LogP contribution in [0.3, 0.4) is 0 Å². The van der Waals surface area contributed by atoms with Gasteiger partial charge in [-0.2, -0.15) is 0 Å². The monoisotopic (exact) mass is 573 g/mol. The maximum Gasteiger partial charge on any atom is 0.0218 e. The van der Waals surface area contributed by atoms with Gasteiger partial charge in [-0.15, -0.1) is 0 Å². The van der Waals surface area contributed by atoms with Crippen molar-refractivity contribution in [2.24, 2.45) is 5.92 Å². The van der Waals surface area contributed by atoms with Crippen LogP contribution in [0.15, 0.2) is 45.3 Å². The normalized spacial score (nSPS) is 18.2. The van der Waals surface area contributed by atoms with Crippen LogP contribution in [0.1, 0.15) is 95.6 Å². The van der Waals surface area contributed by atoms with Gasteiger partial charge >= 0.3 is 0 Å². The molecule has 1 aliphatic heterocycles. The van der Waals surface area contributed by atoms with E-state index in [1.165, 1.54) is 110 Å². The summed E-state index contributed by atoms with van der Waals surface area (Å²) < 4.78 is 2.43. The Hall–Kier alpha value is -0.640. The van der Waals surface area contributed by atoms with Crippen LogP contribution in [0.4, 0.5) is 0 Å². The molecule has 0 amide bonds. The molecular formula is C30H41Br2N. The SMILES string of the molecule is CCCCC(CC)CC1(CCCCN2CCCCC2)c2cc(Br)ccc2-c2ccc(Br)cc21. The maximum absolute atomic E-state index is 3.82. The second kappa shape index (κ2) is 11.9. The second-order valence-corrected chi connectivity index (χ2v) is 12.3. The lowest BCUT2D eigenvalue weighted by atomic mass is 9.67. The molecule has 2 aliphatic rings. The predicted molar refractivity (Wildman–Crippen MR) is 150 cm³/mol. The standard InChI is InChI=1S/C30H41Br2N/c1-3-5-11-23(4-2)22-30(16-7-10-19-33-17-8-6-9-18-33)28-20-24(31)12-14-26(28)27-15-13-25(32)21-29(27)30/h12-15,20-21,23H,3-11,16-19,22H2,1-2H3. The van der Waals surface area contributed by atoms with Crippen molar-refractivity contribution in [2.75, 3.05) is 19.6 Å². The van der Waals surface area contributed by atoms with Crippen LogP contribution in [0.2, 0.25) is 0 Å². The van der Waals surface area contributed by atoms with Crippen LogP contribution in [0, 0.1) is 5.92 Å². The second-order valence-electron chi connectivity index (χ2n) is 10.4. The van der Waals surface area contributed by atoms with Crippen LogP contribution < -0.4 is 0 Å². The molecule has 0 spiro atoms. The molecule has 0 N–H and O–H groups in total. The van der Waals surface area contributed by atoms with E-state index in [2.05, 4.69) is 87.0 Å². The summed E-state index contributed by atoms with van der Waals surface area (Å²) in [6, 6.07) is 14.1. The van der Waals surface area contributed by atoms with E-state index in [1.54, 1.807) is 11.1 Å². The minimum Gasteiger partial charge on any atom is -0.303 e. The Morgan fingerprint density at radius 3 is 2.06 bits per heavy atom. The molecule has 1 heterocycles. The van der Waals surface area contributed by atoms with E-state index in [1.807, 2.05) is 0 Å². The number of hydrogen-bond donors (Lipinski definition) is 0. The molecule has 1 saturated heterocycles. The van der Waals surface area contributed by atoms with Crippen molar-refractivity contribution >= 4 is 31.9 Å². The Morgan fingerprint density at radius 1 is 0.848 bits per heavy atom. The largest absolute Gasteiger partial charge is 0.303 e. The summed E-state index contributed by atoms with van der Waals surface area (Å²) in [4.78, 5) is 2.70. The maximum atomic E-state index is 3.82. The molecule has 1 nitrogen and oxygen atoms in total. The summed E-state index contributed by atoms with van der Waals surface area (Å²) >= 11 is 7.64. The average Bonchev–Trinajstić information content (AvgIpc) is 3.08. The quantitative estimate of drug-likeness (QED) is 0.241. The number of nitrogens with zero attached hydrogens (tertiary/aromatic N) is 1. The molecule has 1 unspecified atom stereocenters. The third-order valence-electron chi connectivity index (χ3n) is 8.24. The van der Waals surface area contributed by atoms with Crippen molar-refractivity contribution in [3.8, 4) is 11.1 Å². The van der Waals surface area contributed by atoms with Crippen molar-refractivity contribution in [1.29, 1.82) is 0 Å². The summed E-state index contributed by atoms with van der Waals surface area (Å²) in [6.07, 6.45) is 14.6. The van der Waals surface area contributed by atoms with E-state index in [0.717, 1.165) is 5.92 Å². The first-order chi connectivity index (χ1) is 16.1. The average molecular weight is 575 g/mol. The highest BCUT2D eigenvalue weighted by Crippen LogP contribution is 2.56. The molecule has 1 fully saturated rings. The fourth-order valence-electron chi connectivity index (χ4n) is 6.41. The number of likely N-dealkylation sites (tertiary alicyclic amines) is 1. The molecule has 3 heteroatoms. The van der Waals surface area contributed by atoms with Gasteiger partial charge in [0.25, 0.3) is 0 Å². The number of rotatable bonds is 11. The van der Waals surface area contributed by atoms with Gasteiger partial charge in [-0.25, -0.2) is 0 Å².